The van der Waals surface area contributed by atoms with Crippen molar-refractivity contribution in [3.05, 3.63) is 53.9 Å². The molecule has 0 unspecified atom stereocenters. The van der Waals surface area contributed by atoms with E-state index in [1.165, 1.54) is 17.8 Å². The van der Waals surface area contributed by atoms with Crippen molar-refractivity contribution in [2.24, 2.45) is 5.92 Å². The van der Waals surface area contributed by atoms with Crippen molar-refractivity contribution < 1.29 is 9.90 Å². The highest BCUT2D eigenvalue weighted by atomic mass is 16.4. The van der Waals surface area contributed by atoms with Crippen LogP contribution < -0.4 is 0 Å². The minimum atomic E-state index is -0.924. The molecule has 19 heavy (non-hydrogen) atoms. The summed E-state index contributed by atoms with van der Waals surface area (Å²) in [7, 11) is 0. The lowest BCUT2D eigenvalue weighted by atomic mass is 9.96. The zero-order chi connectivity index (χ0) is 13.8. The fourth-order valence-corrected chi connectivity index (χ4v) is 2.15. The number of hydrogen-bond acceptors (Lipinski definition) is 2. The lowest BCUT2D eigenvalue weighted by Crippen LogP contribution is -2.00. The SMILES string of the molecule is CC(C)Cc1cccc(-c2cnccc2C(=O)O)c1. The third-order valence-corrected chi connectivity index (χ3v) is 2.93. The van der Waals surface area contributed by atoms with E-state index in [4.69, 9.17) is 0 Å². The van der Waals surface area contributed by atoms with Crippen LogP contribution in [0.15, 0.2) is 42.7 Å². The molecule has 0 aliphatic carbocycles. The largest absolute Gasteiger partial charge is 0.478 e. The third kappa shape index (κ3) is 3.19. The number of pyridine rings is 1. The molecule has 0 saturated carbocycles. The zero-order valence-corrected chi connectivity index (χ0v) is 11.1. The van der Waals surface area contributed by atoms with E-state index >= 15 is 0 Å². The molecule has 0 spiro atoms. The van der Waals surface area contributed by atoms with Gasteiger partial charge in [-0.3, -0.25) is 4.98 Å². The molecule has 1 aromatic heterocycles. The molecule has 0 bridgehead atoms. The van der Waals surface area contributed by atoms with E-state index in [0.29, 0.717) is 11.5 Å². The second-order valence-electron chi connectivity index (χ2n) is 5.02. The molecular weight excluding hydrogens is 238 g/mol. The number of nitrogens with zero attached hydrogens (tertiary/aromatic N) is 1. The summed E-state index contributed by atoms with van der Waals surface area (Å²) in [5, 5.41) is 9.21. The smallest absolute Gasteiger partial charge is 0.336 e. The molecule has 98 valence electrons. The number of aromatic carboxylic acids is 1. The minimum absolute atomic E-state index is 0.289. The van der Waals surface area contributed by atoms with Crippen LogP contribution in [-0.2, 0) is 6.42 Å². The molecule has 0 atom stereocenters. The first kappa shape index (κ1) is 13.3. The Bertz CT molecular complexity index is 591. The van der Waals surface area contributed by atoms with Crippen molar-refractivity contribution in [3.63, 3.8) is 0 Å². The summed E-state index contributed by atoms with van der Waals surface area (Å²) in [5.74, 6) is -0.352. The van der Waals surface area contributed by atoms with E-state index in [2.05, 4.69) is 24.9 Å². The zero-order valence-electron chi connectivity index (χ0n) is 11.1. The molecule has 0 radical (unpaired) electrons. The number of carbonyl (C=O) groups is 1. The highest BCUT2D eigenvalue weighted by Gasteiger charge is 2.11. The second-order valence-corrected chi connectivity index (χ2v) is 5.02. The van der Waals surface area contributed by atoms with E-state index in [9.17, 15) is 9.90 Å². The van der Waals surface area contributed by atoms with Crippen LogP contribution in [0.5, 0.6) is 0 Å². The molecule has 3 heteroatoms. The molecule has 1 N–H and O–H groups in total. The number of rotatable bonds is 4. The predicted molar refractivity (Wildman–Crippen MR) is 75.2 cm³/mol. The fraction of sp³-hybridized carbons (Fsp3) is 0.250. The molecule has 0 amide bonds. The quantitative estimate of drug-likeness (QED) is 0.907. The first-order chi connectivity index (χ1) is 9.08. The van der Waals surface area contributed by atoms with Crippen LogP contribution in [0, 0.1) is 5.92 Å². The summed E-state index contributed by atoms with van der Waals surface area (Å²) in [6.45, 7) is 4.33. The van der Waals surface area contributed by atoms with Gasteiger partial charge >= 0.3 is 5.97 Å². The van der Waals surface area contributed by atoms with Gasteiger partial charge in [-0.2, -0.15) is 0 Å². The van der Waals surface area contributed by atoms with Crippen LogP contribution >= 0.6 is 0 Å². The van der Waals surface area contributed by atoms with Crippen LogP contribution in [0.3, 0.4) is 0 Å². The number of aromatic nitrogens is 1. The van der Waals surface area contributed by atoms with Crippen LogP contribution in [0.1, 0.15) is 29.8 Å². The molecule has 0 aliphatic heterocycles. The van der Waals surface area contributed by atoms with Crippen LogP contribution in [-0.4, -0.2) is 16.1 Å². The normalized spacial score (nSPS) is 10.7. The van der Waals surface area contributed by atoms with Gasteiger partial charge in [-0.1, -0.05) is 38.1 Å². The first-order valence-corrected chi connectivity index (χ1v) is 6.34. The average molecular weight is 255 g/mol. The van der Waals surface area contributed by atoms with Crippen molar-refractivity contribution in [3.8, 4) is 11.1 Å². The molecule has 3 nitrogen and oxygen atoms in total. The van der Waals surface area contributed by atoms with E-state index < -0.39 is 5.97 Å². The predicted octanol–water partition coefficient (Wildman–Crippen LogP) is 3.65. The number of carboxylic acids is 1. The minimum Gasteiger partial charge on any atom is -0.478 e. The summed E-state index contributed by atoms with van der Waals surface area (Å²) >= 11 is 0. The molecule has 0 fully saturated rings. The summed E-state index contributed by atoms with van der Waals surface area (Å²) < 4.78 is 0. The molecular formula is C16H17NO2. The van der Waals surface area contributed by atoms with E-state index in [-0.39, 0.29) is 5.56 Å². The van der Waals surface area contributed by atoms with Gasteiger partial charge < -0.3 is 5.11 Å². The maximum absolute atomic E-state index is 11.2. The molecule has 0 aliphatic rings. The van der Waals surface area contributed by atoms with Gasteiger partial charge in [0, 0.05) is 18.0 Å². The molecule has 0 saturated heterocycles. The molecule has 1 heterocycles. The van der Waals surface area contributed by atoms with Crippen molar-refractivity contribution in [2.45, 2.75) is 20.3 Å². The maximum atomic E-state index is 11.2. The Balaban J connectivity index is 2.44. The van der Waals surface area contributed by atoms with Crippen molar-refractivity contribution >= 4 is 5.97 Å². The van der Waals surface area contributed by atoms with Gasteiger partial charge in [0.15, 0.2) is 0 Å². The van der Waals surface area contributed by atoms with Crippen LogP contribution in [0.2, 0.25) is 0 Å². The third-order valence-electron chi connectivity index (χ3n) is 2.93. The summed E-state index contributed by atoms with van der Waals surface area (Å²) in [6.07, 6.45) is 4.10. The summed E-state index contributed by atoms with van der Waals surface area (Å²) in [4.78, 5) is 15.3. The molecule has 1 aromatic carbocycles. The van der Waals surface area contributed by atoms with Gasteiger partial charge in [0.25, 0.3) is 0 Å². The van der Waals surface area contributed by atoms with Gasteiger partial charge in [0.05, 0.1) is 5.56 Å². The van der Waals surface area contributed by atoms with E-state index in [1.807, 2.05) is 18.2 Å². The fourth-order valence-electron chi connectivity index (χ4n) is 2.15. The first-order valence-electron chi connectivity index (χ1n) is 6.34. The second kappa shape index (κ2) is 5.65. The number of hydrogen-bond donors (Lipinski definition) is 1. The summed E-state index contributed by atoms with van der Waals surface area (Å²) in [6, 6.07) is 9.54. The van der Waals surface area contributed by atoms with Crippen molar-refractivity contribution in [2.75, 3.05) is 0 Å². The van der Waals surface area contributed by atoms with Gasteiger partial charge in [-0.05, 0) is 29.5 Å². The summed E-state index contributed by atoms with van der Waals surface area (Å²) in [5.41, 5.74) is 3.08. The van der Waals surface area contributed by atoms with Crippen molar-refractivity contribution in [1.82, 2.24) is 4.98 Å². The van der Waals surface area contributed by atoms with Gasteiger partial charge in [-0.15, -0.1) is 0 Å². The Labute approximate surface area is 112 Å². The Kier molecular flexibility index (Phi) is 3.95. The Hall–Kier alpha value is -2.16. The molecule has 2 aromatic rings. The average Bonchev–Trinajstić information content (AvgIpc) is 2.38. The highest BCUT2D eigenvalue weighted by Crippen LogP contribution is 2.24. The molecule has 2 rings (SSSR count). The Morgan fingerprint density at radius 2 is 2.11 bits per heavy atom. The van der Waals surface area contributed by atoms with Crippen LogP contribution in [0.4, 0.5) is 0 Å². The Morgan fingerprint density at radius 1 is 1.32 bits per heavy atom. The van der Waals surface area contributed by atoms with Gasteiger partial charge in [0.1, 0.15) is 0 Å². The Morgan fingerprint density at radius 3 is 2.79 bits per heavy atom. The standard InChI is InChI=1S/C16H17NO2/c1-11(2)8-12-4-3-5-13(9-12)15-10-17-7-6-14(15)16(18)19/h3-7,9-11H,8H2,1-2H3,(H,18,19). The number of benzene rings is 1. The van der Waals surface area contributed by atoms with Crippen molar-refractivity contribution in [1.29, 1.82) is 0 Å². The monoisotopic (exact) mass is 255 g/mol. The van der Waals surface area contributed by atoms with Gasteiger partial charge in [-0.25, -0.2) is 4.79 Å². The lowest BCUT2D eigenvalue weighted by Gasteiger charge is -2.09. The van der Waals surface area contributed by atoms with E-state index in [0.717, 1.165) is 12.0 Å². The lowest BCUT2D eigenvalue weighted by molar-refractivity contribution is 0.0697. The van der Waals surface area contributed by atoms with Gasteiger partial charge in [0.2, 0.25) is 0 Å². The maximum Gasteiger partial charge on any atom is 0.336 e. The van der Waals surface area contributed by atoms with Crippen LogP contribution in [0.25, 0.3) is 11.1 Å². The number of carboxylic acid groups (broad SMARTS) is 1. The highest BCUT2D eigenvalue weighted by molar-refractivity contribution is 5.95. The van der Waals surface area contributed by atoms with E-state index in [1.54, 1.807) is 6.20 Å². The topological polar surface area (TPSA) is 50.2 Å².